The van der Waals surface area contributed by atoms with Crippen LogP contribution in [0.2, 0.25) is 0 Å². The first-order valence-electron chi connectivity index (χ1n) is 10.3. The summed E-state index contributed by atoms with van der Waals surface area (Å²) in [6.07, 6.45) is 8.37. The summed E-state index contributed by atoms with van der Waals surface area (Å²) in [7, 11) is 3.55. The van der Waals surface area contributed by atoms with Gasteiger partial charge in [-0.3, -0.25) is 9.59 Å². The lowest BCUT2D eigenvalue weighted by molar-refractivity contribution is 0.0544. The standard InChI is InChI=1S/C21H30N4O3/c1-23(12-15-6-9-25(10-7-15)13-16-4-3-11-28-16)20(26)18-14-24(2)21(27)19-17(18)5-8-22-19/h5,8,14-16,22H,3-4,6-7,9-13H2,1-2H3. The van der Waals surface area contributed by atoms with Gasteiger partial charge in [-0.1, -0.05) is 0 Å². The molecule has 1 atom stereocenters. The van der Waals surface area contributed by atoms with Gasteiger partial charge in [0.05, 0.1) is 11.7 Å². The van der Waals surface area contributed by atoms with E-state index in [1.165, 1.54) is 17.4 Å². The third kappa shape index (κ3) is 3.86. The van der Waals surface area contributed by atoms with E-state index in [4.69, 9.17) is 4.74 Å². The van der Waals surface area contributed by atoms with E-state index in [1.54, 1.807) is 25.5 Å². The number of hydrogen-bond donors (Lipinski definition) is 1. The van der Waals surface area contributed by atoms with E-state index in [0.717, 1.165) is 45.6 Å². The highest BCUT2D eigenvalue weighted by Crippen LogP contribution is 2.22. The number of piperidine rings is 1. The minimum Gasteiger partial charge on any atom is -0.377 e. The van der Waals surface area contributed by atoms with E-state index in [9.17, 15) is 9.59 Å². The molecule has 0 aliphatic carbocycles. The van der Waals surface area contributed by atoms with Crippen LogP contribution in [0.3, 0.4) is 0 Å². The van der Waals surface area contributed by atoms with Gasteiger partial charge in [-0.25, -0.2) is 0 Å². The van der Waals surface area contributed by atoms with Gasteiger partial charge >= 0.3 is 0 Å². The Morgan fingerprint density at radius 1 is 1.32 bits per heavy atom. The van der Waals surface area contributed by atoms with Crippen molar-refractivity contribution in [2.45, 2.75) is 31.8 Å². The largest absolute Gasteiger partial charge is 0.377 e. The molecule has 1 N–H and O–H groups in total. The topological polar surface area (TPSA) is 70.6 Å². The number of aryl methyl sites for hydroxylation is 1. The van der Waals surface area contributed by atoms with Gasteiger partial charge < -0.3 is 24.1 Å². The number of nitrogens with zero attached hydrogens (tertiary/aromatic N) is 3. The first-order chi connectivity index (χ1) is 13.5. The molecule has 2 aromatic rings. The zero-order chi connectivity index (χ0) is 19.7. The van der Waals surface area contributed by atoms with Crippen LogP contribution in [0.15, 0.2) is 23.3 Å². The molecule has 28 heavy (non-hydrogen) atoms. The minimum absolute atomic E-state index is 0.0259. The molecule has 7 heteroatoms. The Balaban J connectivity index is 1.36. The van der Waals surface area contributed by atoms with Crippen LogP contribution in [0, 0.1) is 5.92 Å². The van der Waals surface area contributed by atoms with Crippen molar-refractivity contribution in [2.75, 3.05) is 39.8 Å². The third-order valence-corrected chi connectivity index (χ3v) is 6.20. The molecule has 2 aliphatic rings. The number of rotatable bonds is 5. The minimum atomic E-state index is -0.113. The maximum absolute atomic E-state index is 13.1. The molecule has 0 saturated carbocycles. The molecule has 2 aromatic heterocycles. The van der Waals surface area contributed by atoms with E-state index in [2.05, 4.69) is 9.88 Å². The number of aromatic amines is 1. The predicted molar refractivity (Wildman–Crippen MR) is 109 cm³/mol. The Morgan fingerprint density at radius 3 is 2.82 bits per heavy atom. The molecule has 2 saturated heterocycles. The third-order valence-electron chi connectivity index (χ3n) is 6.20. The molecule has 0 aromatic carbocycles. The molecule has 2 fully saturated rings. The lowest BCUT2D eigenvalue weighted by Gasteiger charge is -2.35. The first-order valence-corrected chi connectivity index (χ1v) is 10.3. The number of amides is 1. The van der Waals surface area contributed by atoms with Gasteiger partial charge in [-0.2, -0.15) is 0 Å². The fraction of sp³-hybridized carbons (Fsp3) is 0.619. The van der Waals surface area contributed by atoms with Crippen LogP contribution in [-0.2, 0) is 11.8 Å². The summed E-state index contributed by atoms with van der Waals surface area (Å²) in [6.45, 7) is 4.86. The second kappa shape index (κ2) is 8.09. The molecule has 152 valence electrons. The van der Waals surface area contributed by atoms with Gasteiger partial charge in [0.2, 0.25) is 0 Å². The lowest BCUT2D eigenvalue weighted by Crippen LogP contribution is -2.42. The number of nitrogens with one attached hydrogen (secondary N) is 1. The van der Waals surface area contributed by atoms with Crippen LogP contribution in [0.25, 0.3) is 10.9 Å². The normalized spacial score (nSPS) is 21.4. The summed E-state index contributed by atoms with van der Waals surface area (Å²) in [5.41, 5.74) is 0.957. The Labute approximate surface area is 165 Å². The number of aromatic nitrogens is 2. The highest BCUT2D eigenvalue weighted by Gasteiger charge is 2.26. The number of H-pyrrole nitrogens is 1. The SMILES string of the molecule is CN(CC1CCN(CC2CCCO2)CC1)C(=O)c1cn(C)c(=O)c2[nH]ccc12. The van der Waals surface area contributed by atoms with Gasteiger partial charge in [0.15, 0.2) is 0 Å². The van der Waals surface area contributed by atoms with Crippen LogP contribution in [0.4, 0.5) is 0 Å². The summed E-state index contributed by atoms with van der Waals surface area (Å²) in [4.78, 5) is 32.5. The monoisotopic (exact) mass is 386 g/mol. The fourth-order valence-corrected chi connectivity index (χ4v) is 4.54. The Kier molecular flexibility index (Phi) is 5.55. The van der Waals surface area contributed by atoms with Crippen LogP contribution in [0.1, 0.15) is 36.0 Å². The molecule has 0 radical (unpaired) electrons. The number of hydrogen-bond acceptors (Lipinski definition) is 4. The maximum Gasteiger partial charge on any atom is 0.274 e. The zero-order valence-corrected chi connectivity index (χ0v) is 16.8. The van der Waals surface area contributed by atoms with Crippen LogP contribution < -0.4 is 5.56 Å². The number of carbonyl (C=O) groups excluding carboxylic acids is 1. The molecular formula is C21H30N4O3. The molecule has 4 heterocycles. The molecule has 2 aliphatic heterocycles. The second-order valence-corrected chi connectivity index (χ2v) is 8.29. The van der Waals surface area contributed by atoms with Gasteiger partial charge in [0.1, 0.15) is 5.52 Å². The molecule has 0 bridgehead atoms. The second-order valence-electron chi connectivity index (χ2n) is 8.29. The predicted octanol–water partition coefficient (Wildman–Crippen LogP) is 1.83. The Morgan fingerprint density at radius 2 is 2.11 bits per heavy atom. The van der Waals surface area contributed by atoms with E-state index in [0.29, 0.717) is 28.5 Å². The van der Waals surface area contributed by atoms with Gasteiger partial charge in [0, 0.05) is 51.6 Å². The van der Waals surface area contributed by atoms with Crippen molar-refractivity contribution >= 4 is 16.8 Å². The number of fused-ring (bicyclic) bond motifs is 1. The summed E-state index contributed by atoms with van der Waals surface area (Å²) >= 11 is 0. The van der Waals surface area contributed by atoms with Crippen molar-refractivity contribution in [3.63, 3.8) is 0 Å². The average Bonchev–Trinajstić information content (AvgIpc) is 3.38. The quantitative estimate of drug-likeness (QED) is 0.851. The summed E-state index contributed by atoms with van der Waals surface area (Å²) in [5, 5.41) is 0.700. The van der Waals surface area contributed by atoms with Gasteiger partial charge in [-0.05, 0) is 50.8 Å². The zero-order valence-electron chi connectivity index (χ0n) is 16.8. The summed E-state index contributed by atoms with van der Waals surface area (Å²) < 4.78 is 7.23. The van der Waals surface area contributed by atoms with E-state index in [-0.39, 0.29) is 11.5 Å². The highest BCUT2D eigenvalue weighted by molar-refractivity contribution is 6.05. The summed E-state index contributed by atoms with van der Waals surface area (Å²) in [5.74, 6) is 0.492. The van der Waals surface area contributed by atoms with E-state index >= 15 is 0 Å². The fourth-order valence-electron chi connectivity index (χ4n) is 4.54. The lowest BCUT2D eigenvalue weighted by atomic mass is 9.95. The average molecular weight is 386 g/mol. The van der Waals surface area contributed by atoms with E-state index in [1.807, 2.05) is 11.9 Å². The first kappa shape index (κ1) is 19.2. The van der Waals surface area contributed by atoms with Crippen LogP contribution in [-0.4, -0.2) is 71.2 Å². The van der Waals surface area contributed by atoms with Crippen molar-refractivity contribution in [1.29, 1.82) is 0 Å². The van der Waals surface area contributed by atoms with Crippen LogP contribution >= 0.6 is 0 Å². The van der Waals surface area contributed by atoms with Crippen molar-refractivity contribution in [2.24, 2.45) is 13.0 Å². The molecular weight excluding hydrogens is 356 g/mol. The van der Waals surface area contributed by atoms with Gasteiger partial charge in [-0.15, -0.1) is 0 Å². The number of pyridine rings is 1. The number of likely N-dealkylation sites (tertiary alicyclic amines) is 1. The van der Waals surface area contributed by atoms with E-state index < -0.39 is 0 Å². The van der Waals surface area contributed by atoms with Crippen molar-refractivity contribution in [3.05, 3.63) is 34.4 Å². The number of carbonyl (C=O) groups is 1. The molecule has 1 amide bonds. The molecule has 0 spiro atoms. The Bertz CT molecular complexity index is 889. The number of ether oxygens (including phenoxy) is 1. The van der Waals surface area contributed by atoms with Crippen molar-refractivity contribution in [3.8, 4) is 0 Å². The molecule has 1 unspecified atom stereocenters. The smallest absolute Gasteiger partial charge is 0.274 e. The molecule has 7 nitrogen and oxygen atoms in total. The molecule has 4 rings (SSSR count). The summed E-state index contributed by atoms with van der Waals surface area (Å²) in [6, 6.07) is 1.81. The van der Waals surface area contributed by atoms with Crippen molar-refractivity contribution < 1.29 is 9.53 Å². The Hall–Kier alpha value is -2.12. The maximum atomic E-state index is 13.1. The van der Waals surface area contributed by atoms with Crippen molar-refractivity contribution in [1.82, 2.24) is 19.4 Å². The van der Waals surface area contributed by atoms with Crippen LogP contribution in [0.5, 0.6) is 0 Å². The highest BCUT2D eigenvalue weighted by atomic mass is 16.5. The van der Waals surface area contributed by atoms with Gasteiger partial charge in [0.25, 0.3) is 11.5 Å².